The maximum Gasteiger partial charge on any atom is 0.0940 e. The number of para-hydroxylation sites is 1. The Morgan fingerprint density at radius 2 is 2.00 bits per heavy atom. The van der Waals surface area contributed by atoms with Gasteiger partial charge >= 0.3 is 0 Å². The quantitative estimate of drug-likeness (QED) is 0.837. The summed E-state index contributed by atoms with van der Waals surface area (Å²) in [6.45, 7) is 1.35. The van der Waals surface area contributed by atoms with Crippen LogP contribution in [0.15, 0.2) is 36.5 Å². The van der Waals surface area contributed by atoms with Crippen LogP contribution >= 0.6 is 0 Å². The van der Waals surface area contributed by atoms with Gasteiger partial charge in [0.15, 0.2) is 0 Å². The SMILES string of the molecule is OC1(c2cccc3cccnc23)CCCOCC1. The molecule has 1 aliphatic heterocycles. The fraction of sp³-hybridized carbons (Fsp3) is 0.400. The van der Waals surface area contributed by atoms with Crippen LogP contribution in [-0.4, -0.2) is 23.3 Å². The van der Waals surface area contributed by atoms with Gasteiger partial charge in [0.25, 0.3) is 0 Å². The summed E-state index contributed by atoms with van der Waals surface area (Å²) >= 11 is 0. The predicted molar refractivity (Wildman–Crippen MR) is 70.3 cm³/mol. The van der Waals surface area contributed by atoms with Crippen molar-refractivity contribution in [2.45, 2.75) is 24.9 Å². The van der Waals surface area contributed by atoms with Crippen LogP contribution in [0.1, 0.15) is 24.8 Å². The third kappa shape index (κ3) is 2.00. The van der Waals surface area contributed by atoms with Gasteiger partial charge in [-0.05, 0) is 18.9 Å². The van der Waals surface area contributed by atoms with Crippen molar-refractivity contribution >= 4 is 10.9 Å². The third-order valence-corrected chi connectivity index (χ3v) is 3.67. The first-order chi connectivity index (χ1) is 8.80. The molecular weight excluding hydrogens is 226 g/mol. The molecule has 18 heavy (non-hydrogen) atoms. The summed E-state index contributed by atoms with van der Waals surface area (Å²) in [6.07, 6.45) is 4.05. The number of fused-ring (bicyclic) bond motifs is 1. The van der Waals surface area contributed by atoms with E-state index in [0.717, 1.165) is 35.9 Å². The second-order valence-electron chi connectivity index (χ2n) is 4.88. The number of benzene rings is 1. The van der Waals surface area contributed by atoms with E-state index in [1.807, 2.05) is 30.3 Å². The summed E-state index contributed by atoms with van der Waals surface area (Å²) in [7, 11) is 0. The highest BCUT2D eigenvalue weighted by molar-refractivity contribution is 5.82. The van der Waals surface area contributed by atoms with Gasteiger partial charge in [-0.2, -0.15) is 0 Å². The van der Waals surface area contributed by atoms with E-state index in [4.69, 9.17) is 4.74 Å². The minimum absolute atomic E-state index is 0.611. The lowest BCUT2D eigenvalue weighted by atomic mass is 9.85. The Kier molecular flexibility index (Phi) is 3.02. The number of aromatic nitrogens is 1. The van der Waals surface area contributed by atoms with Gasteiger partial charge in [-0.15, -0.1) is 0 Å². The van der Waals surface area contributed by atoms with Crippen LogP contribution in [0, 0.1) is 0 Å². The van der Waals surface area contributed by atoms with Crippen LogP contribution in [0.4, 0.5) is 0 Å². The second kappa shape index (κ2) is 4.67. The molecule has 1 aromatic heterocycles. The molecule has 3 heteroatoms. The highest BCUT2D eigenvalue weighted by Gasteiger charge is 2.32. The van der Waals surface area contributed by atoms with Gasteiger partial charge in [-0.1, -0.05) is 24.3 Å². The molecule has 0 amide bonds. The fourth-order valence-corrected chi connectivity index (χ4v) is 2.68. The van der Waals surface area contributed by atoms with Crippen LogP contribution in [0.3, 0.4) is 0 Å². The van der Waals surface area contributed by atoms with Crippen molar-refractivity contribution in [3.8, 4) is 0 Å². The van der Waals surface area contributed by atoms with E-state index in [-0.39, 0.29) is 0 Å². The summed E-state index contributed by atoms with van der Waals surface area (Å²) in [5.74, 6) is 0. The van der Waals surface area contributed by atoms with Crippen LogP contribution < -0.4 is 0 Å². The maximum absolute atomic E-state index is 10.9. The van der Waals surface area contributed by atoms with E-state index in [0.29, 0.717) is 13.0 Å². The summed E-state index contributed by atoms with van der Waals surface area (Å²) in [6, 6.07) is 9.96. The molecule has 0 radical (unpaired) electrons. The Balaban J connectivity index is 2.12. The van der Waals surface area contributed by atoms with E-state index >= 15 is 0 Å². The van der Waals surface area contributed by atoms with Gasteiger partial charge in [0, 0.05) is 36.8 Å². The van der Waals surface area contributed by atoms with Gasteiger partial charge in [0.2, 0.25) is 0 Å². The normalized spacial score (nSPS) is 24.9. The van der Waals surface area contributed by atoms with Crippen molar-refractivity contribution in [2.24, 2.45) is 0 Å². The van der Waals surface area contributed by atoms with E-state index in [2.05, 4.69) is 4.98 Å². The van der Waals surface area contributed by atoms with E-state index < -0.39 is 5.60 Å². The number of rotatable bonds is 1. The van der Waals surface area contributed by atoms with E-state index in [1.54, 1.807) is 6.20 Å². The fourth-order valence-electron chi connectivity index (χ4n) is 2.68. The lowest BCUT2D eigenvalue weighted by Gasteiger charge is -2.27. The molecule has 2 heterocycles. The minimum atomic E-state index is -0.801. The standard InChI is InChI=1S/C15H17NO2/c17-15(7-3-10-18-11-8-15)13-6-1-4-12-5-2-9-16-14(12)13/h1-2,4-6,9,17H,3,7-8,10-11H2. The average Bonchev–Trinajstić information content (AvgIpc) is 2.64. The Hall–Kier alpha value is -1.45. The number of aliphatic hydroxyl groups is 1. The van der Waals surface area contributed by atoms with Gasteiger partial charge in [0.05, 0.1) is 11.1 Å². The molecule has 3 rings (SSSR count). The van der Waals surface area contributed by atoms with Crippen molar-refractivity contribution in [1.82, 2.24) is 4.98 Å². The van der Waals surface area contributed by atoms with Gasteiger partial charge < -0.3 is 9.84 Å². The first-order valence-electron chi connectivity index (χ1n) is 6.44. The molecule has 3 nitrogen and oxygen atoms in total. The Labute approximate surface area is 106 Å². The van der Waals surface area contributed by atoms with Crippen LogP contribution in [0.25, 0.3) is 10.9 Å². The number of nitrogens with zero attached hydrogens (tertiary/aromatic N) is 1. The number of hydrogen-bond acceptors (Lipinski definition) is 3. The molecular formula is C15H17NO2. The minimum Gasteiger partial charge on any atom is -0.385 e. The molecule has 94 valence electrons. The molecule has 1 N–H and O–H groups in total. The average molecular weight is 243 g/mol. The van der Waals surface area contributed by atoms with Crippen LogP contribution in [0.2, 0.25) is 0 Å². The molecule has 0 bridgehead atoms. The van der Waals surface area contributed by atoms with Gasteiger partial charge in [-0.25, -0.2) is 0 Å². The summed E-state index contributed by atoms with van der Waals surface area (Å²) in [5.41, 5.74) is 1.04. The number of pyridine rings is 1. The predicted octanol–water partition coefficient (Wildman–Crippen LogP) is 2.62. The van der Waals surface area contributed by atoms with Gasteiger partial charge in [-0.3, -0.25) is 4.98 Å². The molecule has 0 saturated carbocycles. The first-order valence-corrected chi connectivity index (χ1v) is 6.44. The summed E-state index contributed by atoms with van der Waals surface area (Å²) in [4.78, 5) is 4.43. The highest BCUT2D eigenvalue weighted by Crippen LogP contribution is 2.35. The molecule has 1 aliphatic rings. The van der Waals surface area contributed by atoms with E-state index in [1.165, 1.54) is 0 Å². The summed E-state index contributed by atoms with van der Waals surface area (Å²) < 4.78 is 5.44. The third-order valence-electron chi connectivity index (χ3n) is 3.67. The molecule has 2 aromatic rings. The Morgan fingerprint density at radius 1 is 1.11 bits per heavy atom. The largest absolute Gasteiger partial charge is 0.385 e. The number of hydrogen-bond donors (Lipinski definition) is 1. The lowest BCUT2D eigenvalue weighted by molar-refractivity contribution is 0.0156. The van der Waals surface area contributed by atoms with Crippen molar-refractivity contribution < 1.29 is 9.84 Å². The Morgan fingerprint density at radius 3 is 2.94 bits per heavy atom. The Bertz CT molecular complexity index is 540. The smallest absolute Gasteiger partial charge is 0.0940 e. The molecule has 0 aliphatic carbocycles. The first kappa shape index (κ1) is 11.6. The van der Waals surface area contributed by atoms with Crippen molar-refractivity contribution in [1.29, 1.82) is 0 Å². The van der Waals surface area contributed by atoms with Crippen molar-refractivity contribution in [3.05, 3.63) is 42.1 Å². The molecule has 1 aromatic carbocycles. The molecule has 1 unspecified atom stereocenters. The second-order valence-corrected chi connectivity index (χ2v) is 4.88. The molecule has 1 saturated heterocycles. The molecule has 0 spiro atoms. The van der Waals surface area contributed by atoms with Gasteiger partial charge in [0.1, 0.15) is 0 Å². The van der Waals surface area contributed by atoms with E-state index in [9.17, 15) is 5.11 Å². The number of ether oxygens (including phenoxy) is 1. The van der Waals surface area contributed by atoms with Crippen molar-refractivity contribution in [2.75, 3.05) is 13.2 Å². The van der Waals surface area contributed by atoms with Crippen molar-refractivity contribution in [3.63, 3.8) is 0 Å². The maximum atomic E-state index is 10.9. The van der Waals surface area contributed by atoms with Crippen LogP contribution in [-0.2, 0) is 10.3 Å². The summed E-state index contributed by atoms with van der Waals surface area (Å²) in [5, 5.41) is 12.0. The monoisotopic (exact) mass is 243 g/mol. The molecule has 1 fully saturated rings. The topological polar surface area (TPSA) is 42.4 Å². The zero-order chi connectivity index (χ0) is 12.4. The molecule has 1 atom stereocenters. The lowest BCUT2D eigenvalue weighted by Crippen LogP contribution is -2.26. The zero-order valence-electron chi connectivity index (χ0n) is 10.3. The zero-order valence-corrected chi connectivity index (χ0v) is 10.3. The highest BCUT2D eigenvalue weighted by atomic mass is 16.5. The van der Waals surface area contributed by atoms with Crippen LogP contribution in [0.5, 0.6) is 0 Å².